The summed E-state index contributed by atoms with van der Waals surface area (Å²) in [7, 11) is 1.59. The predicted octanol–water partition coefficient (Wildman–Crippen LogP) is 0.255. The minimum absolute atomic E-state index is 0.0120. The number of ether oxygens (including phenoxy) is 1. The molecule has 1 atom stereocenters. The highest BCUT2D eigenvalue weighted by atomic mass is 32.1. The average molecular weight is 338 g/mol. The predicted molar refractivity (Wildman–Crippen MR) is 91.9 cm³/mol. The number of rotatable bonds is 6. The van der Waals surface area contributed by atoms with Crippen molar-refractivity contribution in [1.29, 1.82) is 0 Å². The van der Waals surface area contributed by atoms with Gasteiger partial charge in [-0.2, -0.15) is 0 Å². The molecular weight excluding hydrogens is 316 g/mol. The number of thiocarbonyl (C=S) groups is 1. The molecule has 0 saturated heterocycles. The van der Waals surface area contributed by atoms with Gasteiger partial charge in [-0.25, -0.2) is 0 Å². The van der Waals surface area contributed by atoms with Crippen LogP contribution in [0.4, 0.5) is 0 Å². The van der Waals surface area contributed by atoms with E-state index in [0.29, 0.717) is 12.2 Å². The third kappa shape index (κ3) is 7.57. The fourth-order valence-corrected chi connectivity index (χ4v) is 2.02. The largest absolute Gasteiger partial charge is 0.383 e. The summed E-state index contributed by atoms with van der Waals surface area (Å²) in [6.45, 7) is 4.12. The standard InChI is InChI=1S/C15H22N4O3S/c1-10-5-4-6-12(7-10)14(21)16-8-13(20)18-19-15(23)17-11(2)9-22-3/h4-7,11H,8-9H2,1-3H3,(H,16,21)(H,18,20)(H2,17,19,23)/t11-/m0/s1. The van der Waals surface area contributed by atoms with Crippen molar-refractivity contribution in [3.8, 4) is 0 Å². The second-order valence-corrected chi connectivity index (χ2v) is 5.46. The first-order valence-electron chi connectivity index (χ1n) is 7.11. The molecule has 7 nitrogen and oxygen atoms in total. The van der Waals surface area contributed by atoms with Gasteiger partial charge in [0.25, 0.3) is 11.8 Å². The van der Waals surface area contributed by atoms with Crippen molar-refractivity contribution >= 4 is 29.1 Å². The highest BCUT2D eigenvalue weighted by molar-refractivity contribution is 7.80. The maximum atomic E-state index is 11.9. The van der Waals surface area contributed by atoms with Gasteiger partial charge in [0.15, 0.2) is 5.11 Å². The van der Waals surface area contributed by atoms with Gasteiger partial charge in [-0.15, -0.1) is 0 Å². The average Bonchev–Trinajstić information content (AvgIpc) is 2.50. The molecule has 0 aromatic heterocycles. The van der Waals surface area contributed by atoms with Crippen LogP contribution >= 0.6 is 12.2 Å². The molecule has 0 bridgehead atoms. The summed E-state index contributed by atoms with van der Waals surface area (Å²) in [6, 6.07) is 7.14. The van der Waals surface area contributed by atoms with Crippen LogP contribution in [-0.2, 0) is 9.53 Å². The summed E-state index contributed by atoms with van der Waals surface area (Å²) in [5.74, 6) is -0.715. The van der Waals surface area contributed by atoms with Crippen molar-refractivity contribution < 1.29 is 14.3 Å². The molecule has 0 unspecified atom stereocenters. The summed E-state index contributed by atoms with van der Waals surface area (Å²) in [6.07, 6.45) is 0. The summed E-state index contributed by atoms with van der Waals surface area (Å²) in [5, 5.41) is 5.73. The lowest BCUT2D eigenvalue weighted by Crippen LogP contribution is -2.52. The van der Waals surface area contributed by atoms with E-state index in [0.717, 1.165) is 5.56 Å². The van der Waals surface area contributed by atoms with Gasteiger partial charge in [0.1, 0.15) is 0 Å². The molecule has 1 aromatic rings. The van der Waals surface area contributed by atoms with Crippen molar-refractivity contribution in [1.82, 2.24) is 21.5 Å². The van der Waals surface area contributed by atoms with Crippen molar-refractivity contribution in [3.63, 3.8) is 0 Å². The van der Waals surface area contributed by atoms with E-state index in [-0.39, 0.29) is 23.6 Å². The van der Waals surface area contributed by atoms with Gasteiger partial charge in [0.2, 0.25) is 0 Å². The second kappa shape index (κ2) is 9.75. The molecule has 0 aliphatic heterocycles. The number of methoxy groups -OCH3 is 1. The first kappa shape index (κ1) is 18.9. The Morgan fingerprint density at radius 2 is 2.04 bits per heavy atom. The fourth-order valence-electron chi connectivity index (χ4n) is 1.77. The van der Waals surface area contributed by atoms with Crippen molar-refractivity contribution in [3.05, 3.63) is 35.4 Å². The van der Waals surface area contributed by atoms with E-state index in [1.807, 2.05) is 19.9 Å². The Kier molecular flexibility index (Phi) is 8.00. The third-order valence-corrected chi connectivity index (χ3v) is 3.02. The quantitative estimate of drug-likeness (QED) is 0.439. The SMILES string of the molecule is COC[C@H](C)NC(=S)NNC(=O)CNC(=O)c1cccc(C)c1. The van der Waals surface area contributed by atoms with Gasteiger partial charge in [0, 0.05) is 18.7 Å². The monoisotopic (exact) mass is 338 g/mol. The van der Waals surface area contributed by atoms with Crippen molar-refractivity contribution in [2.45, 2.75) is 19.9 Å². The van der Waals surface area contributed by atoms with E-state index >= 15 is 0 Å². The number of hydrazine groups is 1. The summed E-state index contributed by atoms with van der Waals surface area (Å²) < 4.78 is 4.96. The van der Waals surface area contributed by atoms with E-state index in [1.54, 1.807) is 25.3 Å². The Hall–Kier alpha value is -2.19. The van der Waals surface area contributed by atoms with Crippen LogP contribution in [0.15, 0.2) is 24.3 Å². The number of hydrogen-bond donors (Lipinski definition) is 4. The molecule has 0 spiro atoms. The molecule has 0 saturated carbocycles. The molecule has 2 amide bonds. The van der Waals surface area contributed by atoms with E-state index in [4.69, 9.17) is 17.0 Å². The lowest BCUT2D eigenvalue weighted by Gasteiger charge is -2.16. The number of hydrogen-bond acceptors (Lipinski definition) is 4. The topological polar surface area (TPSA) is 91.5 Å². The molecule has 0 heterocycles. The number of nitrogens with one attached hydrogen (secondary N) is 4. The van der Waals surface area contributed by atoms with Gasteiger partial charge in [-0.1, -0.05) is 17.7 Å². The van der Waals surface area contributed by atoms with Crippen LogP contribution in [0.1, 0.15) is 22.8 Å². The number of carbonyl (C=O) groups is 2. The molecule has 0 aliphatic rings. The molecule has 126 valence electrons. The van der Waals surface area contributed by atoms with Crippen LogP contribution in [0.5, 0.6) is 0 Å². The summed E-state index contributed by atoms with van der Waals surface area (Å²) in [5.41, 5.74) is 6.45. The second-order valence-electron chi connectivity index (χ2n) is 5.06. The summed E-state index contributed by atoms with van der Waals surface area (Å²) >= 11 is 5.01. The minimum Gasteiger partial charge on any atom is -0.383 e. The molecule has 4 N–H and O–H groups in total. The molecule has 0 fully saturated rings. The summed E-state index contributed by atoms with van der Waals surface area (Å²) in [4.78, 5) is 23.6. The van der Waals surface area contributed by atoms with Gasteiger partial charge >= 0.3 is 0 Å². The first-order valence-corrected chi connectivity index (χ1v) is 7.52. The maximum absolute atomic E-state index is 11.9. The molecule has 1 aromatic carbocycles. The van der Waals surface area contributed by atoms with E-state index < -0.39 is 5.91 Å². The molecule has 1 rings (SSSR count). The van der Waals surface area contributed by atoms with Gasteiger partial charge in [-0.3, -0.25) is 20.4 Å². The number of amides is 2. The fraction of sp³-hybridized carbons (Fsp3) is 0.400. The van der Waals surface area contributed by atoms with Crippen LogP contribution in [0.3, 0.4) is 0 Å². The Labute approximate surface area is 141 Å². The molecule has 0 aliphatic carbocycles. The third-order valence-electron chi connectivity index (χ3n) is 2.80. The van der Waals surface area contributed by atoms with Gasteiger partial charge < -0.3 is 15.4 Å². The zero-order valence-corrected chi connectivity index (χ0v) is 14.3. The van der Waals surface area contributed by atoms with E-state index in [1.165, 1.54) is 0 Å². The number of benzene rings is 1. The Morgan fingerprint density at radius 1 is 1.30 bits per heavy atom. The van der Waals surface area contributed by atoms with Crippen molar-refractivity contribution in [2.24, 2.45) is 0 Å². The minimum atomic E-state index is -0.408. The van der Waals surface area contributed by atoms with Gasteiger partial charge in [-0.05, 0) is 38.2 Å². The molecule has 0 radical (unpaired) electrons. The lowest BCUT2D eigenvalue weighted by molar-refractivity contribution is -0.120. The first-order chi connectivity index (χ1) is 10.9. The highest BCUT2D eigenvalue weighted by Gasteiger charge is 2.09. The molecular formula is C15H22N4O3S. The van der Waals surface area contributed by atoms with E-state index in [9.17, 15) is 9.59 Å². The maximum Gasteiger partial charge on any atom is 0.257 e. The Morgan fingerprint density at radius 3 is 2.70 bits per heavy atom. The molecule has 8 heteroatoms. The van der Waals surface area contributed by atoms with Crippen LogP contribution in [0, 0.1) is 6.92 Å². The highest BCUT2D eigenvalue weighted by Crippen LogP contribution is 2.03. The van der Waals surface area contributed by atoms with Crippen LogP contribution in [0.2, 0.25) is 0 Å². The Balaban J connectivity index is 2.29. The normalized spacial score (nSPS) is 11.3. The smallest absolute Gasteiger partial charge is 0.257 e. The molecule has 23 heavy (non-hydrogen) atoms. The Bertz CT molecular complexity index is 565. The zero-order valence-electron chi connectivity index (χ0n) is 13.4. The zero-order chi connectivity index (χ0) is 17.2. The lowest BCUT2D eigenvalue weighted by atomic mass is 10.1. The van der Waals surface area contributed by atoms with Crippen LogP contribution in [0.25, 0.3) is 0 Å². The number of aryl methyl sites for hydroxylation is 1. The van der Waals surface area contributed by atoms with Gasteiger partial charge in [0.05, 0.1) is 13.2 Å². The van der Waals surface area contributed by atoms with Crippen LogP contribution < -0.4 is 21.5 Å². The number of carbonyl (C=O) groups excluding carboxylic acids is 2. The van der Waals surface area contributed by atoms with Crippen molar-refractivity contribution in [2.75, 3.05) is 20.3 Å². The van der Waals surface area contributed by atoms with Crippen LogP contribution in [-0.4, -0.2) is 43.2 Å². The van der Waals surface area contributed by atoms with E-state index in [2.05, 4.69) is 21.5 Å².